The molecule has 0 saturated carbocycles. The minimum atomic E-state index is -0.263. The van der Waals surface area contributed by atoms with E-state index in [2.05, 4.69) is 19.4 Å². The first-order valence-corrected chi connectivity index (χ1v) is 11.9. The number of aryl methyl sites for hydroxylation is 2. The van der Waals surface area contributed by atoms with E-state index in [1.807, 2.05) is 13.8 Å². The summed E-state index contributed by atoms with van der Waals surface area (Å²) < 4.78 is 14.1. The fraction of sp³-hybridized carbons (Fsp3) is 0.364. The van der Waals surface area contributed by atoms with Crippen LogP contribution in [0.25, 0.3) is 0 Å². The Kier molecular flexibility index (Phi) is 6.62. The van der Waals surface area contributed by atoms with Crippen LogP contribution >= 0.6 is 23.1 Å². The van der Waals surface area contributed by atoms with Gasteiger partial charge in [-0.25, -0.2) is 0 Å². The molecule has 2 N–H and O–H groups in total. The summed E-state index contributed by atoms with van der Waals surface area (Å²) in [4.78, 5) is 26.9. The Morgan fingerprint density at radius 2 is 2.00 bits per heavy atom. The lowest BCUT2D eigenvalue weighted by atomic mass is 9.95. The molecule has 1 aliphatic carbocycles. The number of fused-ring (bicyclic) bond motifs is 1. The standard InChI is InChI=1S/C22H24N4O3S2/c1-3-23-21(28)19-16-9-4-5-10-18(16)30-22(19)24-20(27)14-7-6-8-15(11-14)29-12-17-13(2)25-31-26-17/h6-8,11H,3-5,9-10,12H2,1-2H3,(H,23,28)(H,24,27). The molecule has 0 radical (unpaired) electrons. The Balaban J connectivity index is 1.52. The Morgan fingerprint density at radius 1 is 1.16 bits per heavy atom. The van der Waals surface area contributed by atoms with Gasteiger partial charge in [0.25, 0.3) is 11.8 Å². The molecule has 0 aliphatic heterocycles. The SMILES string of the molecule is CCNC(=O)c1c(NC(=O)c2cccc(OCc3nsnc3C)c2)sc2c1CCCC2. The van der Waals surface area contributed by atoms with Crippen molar-refractivity contribution in [3.8, 4) is 5.75 Å². The van der Waals surface area contributed by atoms with Crippen molar-refractivity contribution in [2.24, 2.45) is 0 Å². The monoisotopic (exact) mass is 456 g/mol. The second-order valence-electron chi connectivity index (χ2n) is 7.34. The minimum Gasteiger partial charge on any atom is -0.487 e. The molecule has 0 saturated heterocycles. The van der Waals surface area contributed by atoms with Crippen molar-refractivity contribution in [1.82, 2.24) is 14.1 Å². The fourth-order valence-corrected chi connectivity index (χ4v) is 5.41. The Bertz CT molecular complexity index is 1110. The molecule has 9 heteroatoms. The lowest BCUT2D eigenvalue weighted by Gasteiger charge is -2.13. The third-order valence-corrected chi connectivity index (χ3v) is 7.05. The number of thiophene rings is 1. The van der Waals surface area contributed by atoms with E-state index in [0.717, 1.165) is 54.4 Å². The summed E-state index contributed by atoms with van der Waals surface area (Å²) in [6.45, 7) is 4.62. The summed E-state index contributed by atoms with van der Waals surface area (Å²) in [5.74, 6) is 0.192. The van der Waals surface area contributed by atoms with Crippen molar-refractivity contribution in [2.45, 2.75) is 46.1 Å². The zero-order chi connectivity index (χ0) is 21.8. The van der Waals surface area contributed by atoms with Gasteiger partial charge in [0.2, 0.25) is 0 Å². The van der Waals surface area contributed by atoms with E-state index in [-0.39, 0.29) is 11.8 Å². The number of anilines is 1. The molecule has 0 atom stereocenters. The highest BCUT2D eigenvalue weighted by atomic mass is 32.1. The third kappa shape index (κ3) is 4.77. The van der Waals surface area contributed by atoms with Gasteiger partial charge in [0.05, 0.1) is 23.0 Å². The molecule has 2 heterocycles. The lowest BCUT2D eigenvalue weighted by Crippen LogP contribution is -2.25. The van der Waals surface area contributed by atoms with Crippen molar-refractivity contribution in [1.29, 1.82) is 0 Å². The molecule has 4 rings (SSSR count). The van der Waals surface area contributed by atoms with Gasteiger partial charge in [-0.1, -0.05) is 6.07 Å². The van der Waals surface area contributed by atoms with Crippen LogP contribution in [-0.4, -0.2) is 27.1 Å². The third-order valence-electron chi connectivity index (χ3n) is 5.18. The van der Waals surface area contributed by atoms with Crippen LogP contribution in [0.15, 0.2) is 24.3 Å². The highest BCUT2D eigenvalue weighted by Crippen LogP contribution is 2.38. The summed E-state index contributed by atoms with van der Waals surface area (Å²) in [5, 5.41) is 6.48. The Hall–Kier alpha value is -2.78. The van der Waals surface area contributed by atoms with Crippen LogP contribution in [0.1, 0.15) is 62.3 Å². The zero-order valence-electron chi connectivity index (χ0n) is 17.5. The molecule has 2 amide bonds. The maximum atomic E-state index is 13.0. The maximum absolute atomic E-state index is 13.0. The fourth-order valence-electron chi connectivity index (χ4n) is 3.58. The second-order valence-corrected chi connectivity index (χ2v) is 8.98. The summed E-state index contributed by atoms with van der Waals surface area (Å²) in [7, 11) is 0. The molecule has 1 aromatic carbocycles. The average molecular weight is 457 g/mol. The molecule has 2 aromatic heterocycles. The zero-order valence-corrected chi connectivity index (χ0v) is 19.1. The van der Waals surface area contributed by atoms with Gasteiger partial charge in [-0.15, -0.1) is 11.3 Å². The minimum absolute atomic E-state index is 0.124. The van der Waals surface area contributed by atoms with Crippen molar-refractivity contribution < 1.29 is 14.3 Å². The summed E-state index contributed by atoms with van der Waals surface area (Å²) in [6, 6.07) is 7.01. The van der Waals surface area contributed by atoms with Crippen LogP contribution in [0.3, 0.4) is 0 Å². The van der Waals surface area contributed by atoms with E-state index in [1.165, 1.54) is 16.2 Å². The molecule has 31 heavy (non-hydrogen) atoms. The molecular formula is C22H24N4O3S2. The van der Waals surface area contributed by atoms with Gasteiger partial charge in [0.1, 0.15) is 23.1 Å². The van der Waals surface area contributed by atoms with Crippen LogP contribution in [0.5, 0.6) is 5.75 Å². The van der Waals surface area contributed by atoms with Gasteiger partial charge in [0, 0.05) is 17.0 Å². The van der Waals surface area contributed by atoms with E-state index >= 15 is 0 Å². The number of carbonyl (C=O) groups excluding carboxylic acids is 2. The number of hydrogen-bond acceptors (Lipinski definition) is 7. The number of nitrogens with zero attached hydrogens (tertiary/aromatic N) is 2. The largest absolute Gasteiger partial charge is 0.487 e. The first kappa shape index (κ1) is 21.5. The van der Waals surface area contributed by atoms with Gasteiger partial charge in [0.15, 0.2) is 0 Å². The first-order chi connectivity index (χ1) is 15.1. The lowest BCUT2D eigenvalue weighted by molar-refractivity contribution is 0.0956. The summed E-state index contributed by atoms with van der Waals surface area (Å²) >= 11 is 2.67. The molecule has 0 fully saturated rings. The van der Waals surface area contributed by atoms with Crippen molar-refractivity contribution in [3.63, 3.8) is 0 Å². The average Bonchev–Trinajstić information content (AvgIpc) is 3.35. The molecular weight excluding hydrogens is 432 g/mol. The van der Waals surface area contributed by atoms with Crippen molar-refractivity contribution in [2.75, 3.05) is 11.9 Å². The van der Waals surface area contributed by atoms with Gasteiger partial charge in [-0.05, 0) is 63.3 Å². The van der Waals surface area contributed by atoms with Crippen LogP contribution in [0.2, 0.25) is 0 Å². The maximum Gasteiger partial charge on any atom is 0.256 e. The second kappa shape index (κ2) is 9.57. The van der Waals surface area contributed by atoms with Gasteiger partial charge < -0.3 is 15.4 Å². The molecule has 1 aliphatic rings. The highest BCUT2D eigenvalue weighted by Gasteiger charge is 2.26. The highest BCUT2D eigenvalue weighted by molar-refractivity contribution is 7.17. The van der Waals surface area contributed by atoms with Gasteiger partial charge in [-0.3, -0.25) is 9.59 Å². The van der Waals surface area contributed by atoms with E-state index in [1.54, 1.807) is 24.3 Å². The van der Waals surface area contributed by atoms with E-state index in [0.29, 0.717) is 35.0 Å². The smallest absolute Gasteiger partial charge is 0.256 e. The van der Waals surface area contributed by atoms with Crippen LogP contribution in [-0.2, 0) is 19.4 Å². The Labute approximate surface area is 189 Å². The predicted octanol–water partition coefficient (Wildman–Crippen LogP) is 4.37. The van der Waals surface area contributed by atoms with Crippen molar-refractivity contribution >= 4 is 39.9 Å². The number of aromatic nitrogens is 2. The quantitative estimate of drug-likeness (QED) is 0.551. The summed E-state index contributed by atoms with van der Waals surface area (Å²) in [5.41, 5.74) is 3.81. The number of carbonyl (C=O) groups is 2. The number of benzene rings is 1. The first-order valence-electron chi connectivity index (χ1n) is 10.3. The van der Waals surface area contributed by atoms with E-state index in [4.69, 9.17) is 4.74 Å². The normalized spacial score (nSPS) is 12.8. The topological polar surface area (TPSA) is 93.2 Å². The number of rotatable bonds is 7. The van der Waals surface area contributed by atoms with Gasteiger partial charge >= 0.3 is 0 Å². The molecule has 0 spiro atoms. The van der Waals surface area contributed by atoms with E-state index in [9.17, 15) is 9.59 Å². The molecule has 7 nitrogen and oxygen atoms in total. The number of amides is 2. The molecule has 0 unspecified atom stereocenters. The molecule has 162 valence electrons. The number of hydrogen-bond donors (Lipinski definition) is 2. The van der Waals surface area contributed by atoms with Crippen molar-refractivity contribution in [3.05, 3.63) is 57.2 Å². The molecule has 0 bridgehead atoms. The van der Waals surface area contributed by atoms with Crippen LogP contribution in [0.4, 0.5) is 5.00 Å². The van der Waals surface area contributed by atoms with Crippen LogP contribution < -0.4 is 15.4 Å². The Morgan fingerprint density at radius 3 is 2.77 bits per heavy atom. The number of ether oxygens (including phenoxy) is 1. The number of nitrogens with one attached hydrogen (secondary N) is 2. The van der Waals surface area contributed by atoms with E-state index < -0.39 is 0 Å². The summed E-state index contributed by atoms with van der Waals surface area (Å²) in [6.07, 6.45) is 4.01. The predicted molar refractivity (Wildman–Crippen MR) is 122 cm³/mol. The van der Waals surface area contributed by atoms with Crippen LogP contribution in [0, 0.1) is 6.92 Å². The molecule has 3 aromatic rings. The van der Waals surface area contributed by atoms with Gasteiger partial charge in [-0.2, -0.15) is 8.75 Å².